The van der Waals surface area contributed by atoms with E-state index >= 15 is 0 Å². The van der Waals surface area contributed by atoms with Crippen molar-refractivity contribution in [1.29, 1.82) is 0 Å². The maximum atomic E-state index is 11.9. The van der Waals surface area contributed by atoms with Gasteiger partial charge in [-0.1, -0.05) is 29.3 Å². The fraction of sp³-hybridized carbons (Fsp3) is 0.0625. The van der Waals surface area contributed by atoms with E-state index < -0.39 is 0 Å². The van der Waals surface area contributed by atoms with Crippen LogP contribution in [0.1, 0.15) is 15.9 Å². The molecule has 0 saturated heterocycles. The van der Waals surface area contributed by atoms with Gasteiger partial charge in [0.15, 0.2) is 5.78 Å². The third-order valence-electron chi connectivity index (χ3n) is 2.87. The van der Waals surface area contributed by atoms with Crippen molar-refractivity contribution in [2.45, 2.75) is 6.92 Å². The maximum Gasteiger partial charge on any atom is 0.187 e. The number of anilines is 1. The first kappa shape index (κ1) is 14.6. The lowest BCUT2D eigenvalue weighted by Crippen LogP contribution is -1.97. The molecule has 102 valence electrons. The monoisotopic (exact) mass is 305 g/mol. The Hall–Kier alpha value is -1.77. The Bertz CT molecular complexity index is 648. The smallest absolute Gasteiger partial charge is 0.187 e. The van der Waals surface area contributed by atoms with Gasteiger partial charge in [-0.15, -0.1) is 0 Å². The van der Waals surface area contributed by atoms with Gasteiger partial charge in [-0.3, -0.25) is 4.79 Å². The van der Waals surface area contributed by atoms with Crippen molar-refractivity contribution in [3.8, 4) is 0 Å². The molecule has 2 nitrogen and oxygen atoms in total. The van der Waals surface area contributed by atoms with E-state index in [1.165, 1.54) is 6.08 Å². The summed E-state index contributed by atoms with van der Waals surface area (Å²) in [6, 6.07) is 12.4. The number of rotatable bonds is 4. The molecule has 0 aliphatic rings. The average Bonchev–Trinajstić information content (AvgIpc) is 2.44. The van der Waals surface area contributed by atoms with Crippen molar-refractivity contribution in [3.05, 3.63) is 75.9 Å². The summed E-state index contributed by atoms with van der Waals surface area (Å²) in [6.45, 7) is 1.92. The minimum Gasteiger partial charge on any atom is -0.361 e. The van der Waals surface area contributed by atoms with Gasteiger partial charge in [0.05, 0.1) is 0 Å². The summed E-state index contributed by atoms with van der Waals surface area (Å²) >= 11 is 11.8. The van der Waals surface area contributed by atoms with Crippen LogP contribution in [0.4, 0.5) is 5.69 Å². The number of allylic oxidation sites excluding steroid dienone is 1. The third kappa shape index (κ3) is 3.62. The molecule has 1 N–H and O–H groups in total. The van der Waals surface area contributed by atoms with Crippen LogP contribution in [-0.4, -0.2) is 5.78 Å². The van der Waals surface area contributed by atoms with Gasteiger partial charge in [0, 0.05) is 33.6 Å². The number of hydrogen-bond donors (Lipinski definition) is 1. The molecule has 4 heteroatoms. The maximum absolute atomic E-state index is 11.9. The average molecular weight is 306 g/mol. The van der Waals surface area contributed by atoms with E-state index in [-0.39, 0.29) is 5.78 Å². The lowest BCUT2D eigenvalue weighted by atomic mass is 10.1. The van der Waals surface area contributed by atoms with Gasteiger partial charge >= 0.3 is 0 Å². The molecule has 0 aliphatic heterocycles. The predicted molar refractivity (Wildman–Crippen MR) is 84.7 cm³/mol. The zero-order valence-electron chi connectivity index (χ0n) is 10.9. The summed E-state index contributed by atoms with van der Waals surface area (Å²) in [7, 11) is 0. The van der Waals surface area contributed by atoms with Crippen LogP contribution in [-0.2, 0) is 0 Å². The number of hydrogen-bond acceptors (Lipinski definition) is 2. The van der Waals surface area contributed by atoms with Gasteiger partial charge in [-0.25, -0.2) is 0 Å². The molecule has 0 aliphatic carbocycles. The summed E-state index contributed by atoms with van der Waals surface area (Å²) < 4.78 is 0. The largest absolute Gasteiger partial charge is 0.361 e. The number of ketones is 1. The highest BCUT2D eigenvalue weighted by Crippen LogP contribution is 2.22. The molecule has 0 aromatic heterocycles. The first-order valence-corrected chi connectivity index (χ1v) is 6.81. The molecular weight excluding hydrogens is 293 g/mol. The molecule has 0 radical (unpaired) electrons. The Labute approximate surface area is 128 Å². The van der Waals surface area contributed by atoms with Crippen molar-refractivity contribution < 1.29 is 4.79 Å². The Morgan fingerprint density at radius 1 is 1.10 bits per heavy atom. The zero-order chi connectivity index (χ0) is 14.5. The number of benzene rings is 2. The van der Waals surface area contributed by atoms with Crippen LogP contribution in [0.2, 0.25) is 10.0 Å². The van der Waals surface area contributed by atoms with Crippen molar-refractivity contribution in [2.75, 3.05) is 5.32 Å². The van der Waals surface area contributed by atoms with E-state index in [0.29, 0.717) is 15.6 Å². The fourth-order valence-electron chi connectivity index (χ4n) is 1.68. The van der Waals surface area contributed by atoms with Gasteiger partial charge in [0.25, 0.3) is 0 Å². The first-order chi connectivity index (χ1) is 9.58. The summed E-state index contributed by atoms with van der Waals surface area (Å²) in [5.74, 6) is -0.0890. The van der Waals surface area contributed by atoms with Gasteiger partial charge in [-0.2, -0.15) is 0 Å². The molecule has 0 spiro atoms. The van der Waals surface area contributed by atoms with Crippen LogP contribution in [0.5, 0.6) is 0 Å². The van der Waals surface area contributed by atoms with E-state index in [1.54, 1.807) is 30.5 Å². The molecule has 2 aromatic rings. The third-order valence-corrected chi connectivity index (χ3v) is 3.53. The first-order valence-electron chi connectivity index (χ1n) is 6.06. The van der Waals surface area contributed by atoms with Crippen molar-refractivity contribution >= 4 is 34.7 Å². The van der Waals surface area contributed by atoms with Gasteiger partial charge < -0.3 is 5.32 Å². The summed E-state index contributed by atoms with van der Waals surface area (Å²) in [4.78, 5) is 11.9. The molecule has 2 aromatic carbocycles. The van der Waals surface area contributed by atoms with E-state index in [1.807, 2.05) is 25.1 Å². The lowest BCUT2D eigenvalue weighted by molar-refractivity contribution is 0.104. The van der Waals surface area contributed by atoms with Crippen LogP contribution in [0.15, 0.2) is 54.7 Å². The second kappa shape index (κ2) is 6.60. The van der Waals surface area contributed by atoms with Gasteiger partial charge in [0.1, 0.15) is 0 Å². The van der Waals surface area contributed by atoms with Gasteiger partial charge in [-0.05, 0) is 48.9 Å². The van der Waals surface area contributed by atoms with E-state index in [9.17, 15) is 4.79 Å². The van der Waals surface area contributed by atoms with E-state index in [2.05, 4.69) is 5.32 Å². The molecule has 0 unspecified atom stereocenters. The standard InChI is InChI=1S/C16H13Cl2NO/c1-11-14(18)3-2-4-15(11)19-10-9-16(20)12-5-7-13(17)8-6-12/h2-10,19H,1H3/b10-9-. The van der Waals surface area contributed by atoms with Crippen LogP contribution < -0.4 is 5.32 Å². The molecule has 20 heavy (non-hydrogen) atoms. The summed E-state index contributed by atoms with van der Waals surface area (Å²) in [6.07, 6.45) is 3.08. The van der Waals surface area contributed by atoms with Crippen LogP contribution in [0.3, 0.4) is 0 Å². The molecule has 2 rings (SSSR count). The topological polar surface area (TPSA) is 29.1 Å². The van der Waals surface area contributed by atoms with Crippen molar-refractivity contribution in [1.82, 2.24) is 0 Å². The Morgan fingerprint density at radius 3 is 2.50 bits per heavy atom. The number of nitrogens with one attached hydrogen (secondary N) is 1. The minimum atomic E-state index is -0.0890. The predicted octanol–water partition coefficient (Wildman–Crippen LogP) is 5.11. The van der Waals surface area contributed by atoms with Crippen molar-refractivity contribution in [3.63, 3.8) is 0 Å². The Balaban J connectivity index is 2.05. The fourth-order valence-corrected chi connectivity index (χ4v) is 1.98. The number of carbonyl (C=O) groups excluding carboxylic acids is 1. The molecule has 0 atom stereocenters. The van der Waals surface area contributed by atoms with Gasteiger partial charge in [0.2, 0.25) is 0 Å². The van der Waals surface area contributed by atoms with E-state index in [4.69, 9.17) is 23.2 Å². The Kier molecular flexibility index (Phi) is 4.83. The Morgan fingerprint density at radius 2 is 1.80 bits per heavy atom. The SMILES string of the molecule is Cc1c(Cl)cccc1N/C=C\C(=O)c1ccc(Cl)cc1. The lowest BCUT2D eigenvalue weighted by Gasteiger charge is -2.06. The minimum absolute atomic E-state index is 0.0890. The highest BCUT2D eigenvalue weighted by atomic mass is 35.5. The summed E-state index contributed by atoms with van der Waals surface area (Å²) in [5, 5.41) is 4.35. The summed E-state index contributed by atoms with van der Waals surface area (Å²) in [5.41, 5.74) is 2.41. The molecule has 0 bridgehead atoms. The molecule has 0 amide bonds. The number of carbonyl (C=O) groups is 1. The molecular formula is C16H13Cl2NO. The van der Waals surface area contributed by atoms with E-state index in [0.717, 1.165) is 11.3 Å². The van der Waals surface area contributed by atoms with Crippen molar-refractivity contribution in [2.24, 2.45) is 0 Å². The normalized spacial score (nSPS) is 10.8. The van der Waals surface area contributed by atoms with Crippen LogP contribution >= 0.6 is 23.2 Å². The van der Waals surface area contributed by atoms with Crippen LogP contribution in [0.25, 0.3) is 0 Å². The second-order valence-electron chi connectivity index (χ2n) is 4.26. The molecule has 0 saturated carbocycles. The molecule has 0 fully saturated rings. The quantitative estimate of drug-likeness (QED) is 0.628. The molecule has 0 heterocycles. The van der Waals surface area contributed by atoms with Crippen LogP contribution in [0, 0.1) is 6.92 Å². The number of halogens is 2. The highest BCUT2D eigenvalue weighted by Gasteiger charge is 2.02. The highest BCUT2D eigenvalue weighted by molar-refractivity contribution is 6.31. The zero-order valence-corrected chi connectivity index (χ0v) is 12.4. The second-order valence-corrected chi connectivity index (χ2v) is 5.10.